The van der Waals surface area contributed by atoms with E-state index in [0.29, 0.717) is 19.8 Å². The van der Waals surface area contributed by atoms with Gasteiger partial charge in [0.05, 0.1) is 5.69 Å². The minimum atomic E-state index is -0.149. The number of benzene rings is 1. The first kappa shape index (κ1) is 18.0. The Morgan fingerprint density at radius 1 is 1.15 bits per heavy atom. The number of para-hydroxylation sites is 1. The second kappa shape index (κ2) is 7.68. The third kappa shape index (κ3) is 3.56. The second-order valence-corrected chi connectivity index (χ2v) is 7.45. The zero-order valence-corrected chi connectivity index (χ0v) is 15.7. The fraction of sp³-hybridized carbons (Fsp3) is 0.550. The number of aromatic nitrogens is 3. The molecule has 1 amide bonds. The van der Waals surface area contributed by atoms with Crippen LogP contribution in [0, 0.1) is 5.92 Å². The van der Waals surface area contributed by atoms with Crippen molar-refractivity contribution in [3.63, 3.8) is 0 Å². The highest BCUT2D eigenvalue weighted by atomic mass is 16.5. The van der Waals surface area contributed by atoms with Crippen LogP contribution in [0.5, 0.6) is 0 Å². The summed E-state index contributed by atoms with van der Waals surface area (Å²) >= 11 is 0. The maximum absolute atomic E-state index is 12.9. The summed E-state index contributed by atoms with van der Waals surface area (Å²) in [6.45, 7) is 2.75. The smallest absolute Gasteiger partial charge is 0.350 e. The first-order valence-corrected chi connectivity index (χ1v) is 9.73. The number of rotatable bonds is 3. The van der Waals surface area contributed by atoms with Crippen LogP contribution < -0.4 is 5.69 Å². The Labute approximate surface area is 158 Å². The van der Waals surface area contributed by atoms with Crippen LogP contribution in [-0.4, -0.2) is 51.5 Å². The van der Waals surface area contributed by atoms with E-state index < -0.39 is 0 Å². The molecule has 27 heavy (non-hydrogen) atoms. The molecular formula is C20H26N4O3. The van der Waals surface area contributed by atoms with E-state index in [-0.39, 0.29) is 23.4 Å². The summed E-state index contributed by atoms with van der Waals surface area (Å²) in [5, 5.41) is 4.53. The summed E-state index contributed by atoms with van der Waals surface area (Å²) in [5.74, 6) is 1.11. The zero-order chi connectivity index (χ0) is 18.8. The van der Waals surface area contributed by atoms with Gasteiger partial charge in [0.25, 0.3) is 0 Å². The fourth-order valence-electron chi connectivity index (χ4n) is 4.16. The average molecular weight is 370 g/mol. The minimum absolute atomic E-state index is 0.0663. The molecule has 2 fully saturated rings. The monoisotopic (exact) mass is 370 g/mol. The van der Waals surface area contributed by atoms with Crippen molar-refractivity contribution >= 4 is 5.91 Å². The molecule has 0 saturated carbocycles. The van der Waals surface area contributed by atoms with Crippen LogP contribution in [0.15, 0.2) is 35.1 Å². The lowest BCUT2D eigenvalue weighted by Crippen LogP contribution is -2.44. The number of carbonyl (C=O) groups is 1. The van der Waals surface area contributed by atoms with Crippen molar-refractivity contribution in [1.29, 1.82) is 0 Å². The first-order chi connectivity index (χ1) is 13.1. The summed E-state index contributed by atoms with van der Waals surface area (Å²) in [5.41, 5.74) is 0.669. The minimum Gasteiger partial charge on any atom is -0.381 e. The quantitative estimate of drug-likeness (QED) is 0.825. The lowest BCUT2D eigenvalue weighted by molar-refractivity contribution is -0.139. The van der Waals surface area contributed by atoms with Gasteiger partial charge < -0.3 is 9.64 Å². The van der Waals surface area contributed by atoms with E-state index in [9.17, 15) is 9.59 Å². The third-order valence-corrected chi connectivity index (χ3v) is 5.63. The zero-order valence-electron chi connectivity index (χ0n) is 15.7. The van der Waals surface area contributed by atoms with Gasteiger partial charge in [-0.15, -0.1) is 0 Å². The molecule has 2 aromatic rings. The molecule has 1 aromatic carbocycles. The molecule has 0 unspecified atom stereocenters. The van der Waals surface area contributed by atoms with Gasteiger partial charge in [-0.1, -0.05) is 18.2 Å². The van der Waals surface area contributed by atoms with Gasteiger partial charge in [0.1, 0.15) is 5.82 Å². The van der Waals surface area contributed by atoms with Crippen LogP contribution in [0.3, 0.4) is 0 Å². The largest absolute Gasteiger partial charge is 0.381 e. The van der Waals surface area contributed by atoms with Crippen molar-refractivity contribution in [2.75, 3.05) is 26.3 Å². The van der Waals surface area contributed by atoms with E-state index in [2.05, 4.69) is 5.10 Å². The standard InChI is InChI=1S/C20H26N4O3/c1-22-20(26)24(17-7-3-2-4-8-17)18(21-22)16-6-5-11-23(14-16)19(25)15-9-12-27-13-10-15/h2-4,7-8,15-16H,5-6,9-14H2,1H3/t16-/m0/s1. The highest BCUT2D eigenvalue weighted by Gasteiger charge is 2.33. The van der Waals surface area contributed by atoms with Crippen LogP contribution in [0.25, 0.3) is 5.69 Å². The van der Waals surface area contributed by atoms with Crippen molar-refractivity contribution < 1.29 is 9.53 Å². The predicted octanol–water partition coefficient (Wildman–Crippen LogP) is 1.70. The molecule has 0 spiro atoms. The molecule has 7 nitrogen and oxygen atoms in total. The molecule has 0 radical (unpaired) electrons. The molecule has 1 atom stereocenters. The predicted molar refractivity (Wildman–Crippen MR) is 101 cm³/mol. The Hall–Kier alpha value is -2.41. The van der Waals surface area contributed by atoms with Gasteiger partial charge in [-0.3, -0.25) is 4.79 Å². The highest BCUT2D eigenvalue weighted by Crippen LogP contribution is 2.28. The summed E-state index contributed by atoms with van der Waals surface area (Å²) in [7, 11) is 1.68. The number of nitrogens with zero attached hydrogens (tertiary/aromatic N) is 4. The molecule has 0 N–H and O–H groups in total. The number of carbonyl (C=O) groups excluding carboxylic acids is 1. The topological polar surface area (TPSA) is 69.4 Å². The Bertz CT molecular complexity index is 852. The lowest BCUT2D eigenvalue weighted by atomic mass is 9.93. The van der Waals surface area contributed by atoms with Gasteiger partial charge in [0.15, 0.2) is 0 Å². The van der Waals surface area contributed by atoms with E-state index >= 15 is 0 Å². The number of piperidine rings is 1. The van der Waals surface area contributed by atoms with E-state index in [1.165, 1.54) is 4.68 Å². The third-order valence-electron chi connectivity index (χ3n) is 5.63. The molecule has 1 aromatic heterocycles. The molecule has 0 aliphatic carbocycles. The first-order valence-electron chi connectivity index (χ1n) is 9.73. The molecule has 3 heterocycles. The van der Waals surface area contributed by atoms with Crippen molar-refractivity contribution in [3.05, 3.63) is 46.6 Å². The molecular weight excluding hydrogens is 344 g/mol. The van der Waals surface area contributed by atoms with Crippen molar-refractivity contribution in [2.45, 2.75) is 31.6 Å². The normalized spacial score (nSPS) is 21.4. The second-order valence-electron chi connectivity index (χ2n) is 7.45. The molecule has 7 heteroatoms. The Morgan fingerprint density at radius 3 is 2.63 bits per heavy atom. The van der Waals surface area contributed by atoms with Gasteiger partial charge in [-0.2, -0.15) is 5.10 Å². The Kier molecular flexibility index (Phi) is 5.11. The Balaban J connectivity index is 1.59. The van der Waals surface area contributed by atoms with E-state index in [4.69, 9.17) is 4.74 Å². The van der Waals surface area contributed by atoms with E-state index in [1.54, 1.807) is 11.6 Å². The number of aryl methyl sites for hydroxylation is 1. The lowest BCUT2D eigenvalue weighted by Gasteiger charge is -2.35. The molecule has 2 aliphatic rings. The molecule has 144 valence electrons. The van der Waals surface area contributed by atoms with Gasteiger partial charge in [0, 0.05) is 45.2 Å². The van der Waals surface area contributed by atoms with E-state index in [1.807, 2.05) is 35.2 Å². The number of likely N-dealkylation sites (tertiary alicyclic amines) is 1. The van der Waals surface area contributed by atoms with E-state index in [0.717, 1.165) is 43.7 Å². The van der Waals surface area contributed by atoms with Crippen molar-refractivity contribution in [1.82, 2.24) is 19.2 Å². The van der Waals surface area contributed by atoms with Crippen LogP contribution in [0.4, 0.5) is 0 Å². The van der Waals surface area contributed by atoms with Crippen LogP contribution in [0.1, 0.15) is 37.4 Å². The maximum Gasteiger partial charge on any atom is 0.350 e. The molecule has 2 aliphatic heterocycles. The van der Waals surface area contributed by atoms with Crippen molar-refractivity contribution in [3.8, 4) is 5.69 Å². The number of ether oxygens (including phenoxy) is 1. The van der Waals surface area contributed by atoms with Crippen molar-refractivity contribution in [2.24, 2.45) is 13.0 Å². The number of hydrogen-bond donors (Lipinski definition) is 0. The average Bonchev–Trinajstić information content (AvgIpc) is 3.03. The van der Waals surface area contributed by atoms with Crippen LogP contribution in [0.2, 0.25) is 0 Å². The maximum atomic E-state index is 12.9. The summed E-state index contributed by atoms with van der Waals surface area (Å²) in [6.07, 6.45) is 3.47. The highest BCUT2D eigenvalue weighted by molar-refractivity contribution is 5.79. The van der Waals surface area contributed by atoms with Gasteiger partial charge in [0.2, 0.25) is 5.91 Å². The molecule has 4 rings (SSSR count). The molecule has 0 bridgehead atoms. The summed E-state index contributed by atoms with van der Waals surface area (Å²) in [4.78, 5) is 27.6. The Morgan fingerprint density at radius 2 is 1.89 bits per heavy atom. The van der Waals surface area contributed by atoms with Crippen LogP contribution in [-0.2, 0) is 16.6 Å². The molecule has 2 saturated heterocycles. The SMILES string of the molecule is Cn1nc([C@H]2CCCN(C(=O)C3CCOCC3)C2)n(-c2ccccc2)c1=O. The van der Waals surface area contributed by atoms with Gasteiger partial charge in [-0.25, -0.2) is 14.0 Å². The van der Waals surface area contributed by atoms with Gasteiger partial charge >= 0.3 is 5.69 Å². The number of amides is 1. The van der Waals surface area contributed by atoms with Crippen LogP contribution >= 0.6 is 0 Å². The number of hydrogen-bond acceptors (Lipinski definition) is 4. The summed E-state index contributed by atoms with van der Waals surface area (Å²) in [6, 6.07) is 9.60. The fourth-order valence-corrected chi connectivity index (χ4v) is 4.16. The van der Waals surface area contributed by atoms with Gasteiger partial charge in [-0.05, 0) is 37.8 Å². The summed E-state index contributed by atoms with van der Waals surface area (Å²) < 4.78 is 8.46.